The minimum atomic E-state index is -0.445. The van der Waals surface area contributed by atoms with Gasteiger partial charge in [-0.15, -0.1) is 11.3 Å². The normalized spacial score (nSPS) is 11.4. The quantitative estimate of drug-likeness (QED) is 0.909. The van der Waals surface area contributed by atoms with E-state index >= 15 is 0 Å². The van der Waals surface area contributed by atoms with Crippen molar-refractivity contribution in [2.75, 3.05) is 6.54 Å². The van der Waals surface area contributed by atoms with Crippen molar-refractivity contribution < 1.29 is 9.18 Å². The van der Waals surface area contributed by atoms with Crippen molar-refractivity contribution in [2.24, 2.45) is 0 Å². The molecule has 106 valence electrons. The van der Waals surface area contributed by atoms with E-state index in [4.69, 9.17) is 0 Å². The highest BCUT2D eigenvalue weighted by Gasteiger charge is 2.23. The van der Waals surface area contributed by atoms with Crippen LogP contribution >= 0.6 is 11.3 Å². The zero-order valence-corrected chi connectivity index (χ0v) is 12.7. The van der Waals surface area contributed by atoms with Gasteiger partial charge >= 0.3 is 0 Å². The zero-order chi connectivity index (χ0) is 14.8. The van der Waals surface area contributed by atoms with Gasteiger partial charge in [-0.2, -0.15) is 0 Å². The number of thiophene rings is 1. The minimum Gasteiger partial charge on any atom is -0.351 e. The van der Waals surface area contributed by atoms with Gasteiger partial charge in [-0.25, -0.2) is 4.39 Å². The van der Waals surface area contributed by atoms with Gasteiger partial charge in [-0.3, -0.25) is 4.79 Å². The molecule has 1 N–H and O–H groups in total. The summed E-state index contributed by atoms with van der Waals surface area (Å²) in [5.74, 6) is -0.810. The molecule has 1 heterocycles. The third kappa shape index (κ3) is 3.07. The van der Waals surface area contributed by atoms with Crippen LogP contribution in [0.15, 0.2) is 35.7 Å². The highest BCUT2D eigenvalue weighted by molar-refractivity contribution is 7.10. The van der Waals surface area contributed by atoms with Crippen LogP contribution in [0.2, 0.25) is 0 Å². The summed E-state index contributed by atoms with van der Waals surface area (Å²) in [5, 5.41) is 4.84. The molecule has 0 radical (unpaired) electrons. The number of aryl methyl sites for hydroxylation is 1. The van der Waals surface area contributed by atoms with Gasteiger partial charge in [0.1, 0.15) is 5.82 Å². The van der Waals surface area contributed by atoms with Crippen LogP contribution in [-0.4, -0.2) is 12.5 Å². The molecule has 2 rings (SSSR count). The number of halogens is 1. The van der Waals surface area contributed by atoms with Gasteiger partial charge in [0.2, 0.25) is 0 Å². The summed E-state index contributed by atoms with van der Waals surface area (Å²) in [4.78, 5) is 13.3. The summed E-state index contributed by atoms with van der Waals surface area (Å²) < 4.78 is 13.9. The maximum absolute atomic E-state index is 13.9. The second-order valence-corrected chi connectivity index (χ2v) is 6.43. The van der Waals surface area contributed by atoms with E-state index in [9.17, 15) is 9.18 Å². The van der Waals surface area contributed by atoms with Crippen molar-refractivity contribution in [1.82, 2.24) is 5.32 Å². The molecular weight excluding hydrogens is 273 g/mol. The first-order chi connectivity index (χ1) is 9.42. The fourth-order valence-corrected chi connectivity index (χ4v) is 2.82. The van der Waals surface area contributed by atoms with Crippen molar-refractivity contribution in [3.05, 3.63) is 57.5 Å². The lowest BCUT2D eigenvalue weighted by Crippen LogP contribution is -2.36. The molecule has 0 saturated carbocycles. The molecule has 0 aliphatic carbocycles. The summed E-state index contributed by atoms with van der Waals surface area (Å²) in [7, 11) is 0. The van der Waals surface area contributed by atoms with E-state index in [0.29, 0.717) is 12.1 Å². The van der Waals surface area contributed by atoms with Crippen LogP contribution in [0.5, 0.6) is 0 Å². The molecule has 0 fully saturated rings. The van der Waals surface area contributed by atoms with E-state index in [2.05, 4.69) is 19.2 Å². The lowest BCUT2D eigenvalue weighted by Gasteiger charge is -2.23. The third-order valence-electron chi connectivity index (χ3n) is 3.32. The lowest BCUT2D eigenvalue weighted by atomic mass is 9.91. The summed E-state index contributed by atoms with van der Waals surface area (Å²) in [6, 6.07) is 8.89. The van der Waals surface area contributed by atoms with Crippen LogP contribution in [0.1, 0.15) is 34.6 Å². The number of nitrogens with one attached hydrogen (secondary N) is 1. The number of carbonyl (C=O) groups excluding carboxylic acids is 1. The predicted molar refractivity (Wildman–Crippen MR) is 80.8 cm³/mol. The fraction of sp³-hybridized carbons (Fsp3) is 0.312. The van der Waals surface area contributed by atoms with Crippen LogP contribution in [0, 0.1) is 12.7 Å². The molecule has 2 nitrogen and oxygen atoms in total. The van der Waals surface area contributed by atoms with Gasteiger partial charge in [0.15, 0.2) is 0 Å². The molecule has 0 atom stereocenters. The Hall–Kier alpha value is -1.68. The van der Waals surface area contributed by atoms with Crippen LogP contribution < -0.4 is 5.32 Å². The molecule has 2 aromatic rings. The van der Waals surface area contributed by atoms with E-state index < -0.39 is 5.82 Å². The Morgan fingerprint density at radius 3 is 2.70 bits per heavy atom. The van der Waals surface area contributed by atoms with Crippen LogP contribution in [0.3, 0.4) is 0 Å². The molecule has 1 aromatic carbocycles. The standard InChI is InChI=1S/C16H18FNOS/c1-11-6-4-7-12(14(11)17)15(19)18-10-16(2,3)13-8-5-9-20-13/h4-9H,10H2,1-3H3,(H,18,19). The zero-order valence-electron chi connectivity index (χ0n) is 11.9. The SMILES string of the molecule is Cc1cccc(C(=O)NCC(C)(C)c2cccs2)c1F. The molecule has 0 unspecified atom stereocenters. The first kappa shape index (κ1) is 14.7. The van der Waals surface area contributed by atoms with Crippen molar-refractivity contribution >= 4 is 17.2 Å². The number of benzene rings is 1. The minimum absolute atomic E-state index is 0.104. The first-order valence-electron chi connectivity index (χ1n) is 6.49. The van der Waals surface area contributed by atoms with Crippen molar-refractivity contribution in [2.45, 2.75) is 26.2 Å². The molecule has 4 heteroatoms. The number of amides is 1. The Kier molecular flexibility index (Phi) is 4.23. The highest BCUT2D eigenvalue weighted by atomic mass is 32.1. The largest absolute Gasteiger partial charge is 0.351 e. The monoisotopic (exact) mass is 291 g/mol. The summed E-state index contributed by atoms with van der Waals surface area (Å²) >= 11 is 1.66. The van der Waals surface area contributed by atoms with Crippen LogP contribution in [0.4, 0.5) is 4.39 Å². The average Bonchev–Trinajstić information content (AvgIpc) is 2.94. The van der Waals surface area contributed by atoms with Gasteiger partial charge in [0.05, 0.1) is 5.56 Å². The average molecular weight is 291 g/mol. The molecule has 1 aromatic heterocycles. The van der Waals surface area contributed by atoms with E-state index in [1.54, 1.807) is 30.4 Å². The van der Waals surface area contributed by atoms with Gasteiger partial charge < -0.3 is 5.32 Å². The van der Waals surface area contributed by atoms with E-state index in [0.717, 1.165) is 0 Å². The predicted octanol–water partition coefficient (Wildman–Crippen LogP) is 3.90. The molecule has 1 amide bonds. The lowest BCUT2D eigenvalue weighted by molar-refractivity contribution is 0.0941. The van der Waals surface area contributed by atoms with Gasteiger partial charge in [-0.05, 0) is 30.0 Å². The summed E-state index contributed by atoms with van der Waals surface area (Å²) in [6.45, 7) is 6.25. The molecule has 0 aliphatic rings. The smallest absolute Gasteiger partial charge is 0.254 e. The Morgan fingerprint density at radius 2 is 2.05 bits per heavy atom. The number of carbonyl (C=O) groups is 1. The topological polar surface area (TPSA) is 29.1 Å². The van der Waals surface area contributed by atoms with Crippen molar-refractivity contribution in [3.8, 4) is 0 Å². The summed E-state index contributed by atoms with van der Waals surface area (Å²) in [6.07, 6.45) is 0. The second-order valence-electron chi connectivity index (χ2n) is 5.48. The maximum atomic E-state index is 13.9. The van der Waals surface area contributed by atoms with E-state index in [1.807, 2.05) is 17.5 Å². The number of hydrogen-bond acceptors (Lipinski definition) is 2. The molecule has 0 saturated heterocycles. The van der Waals surface area contributed by atoms with Gasteiger partial charge in [0, 0.05) is 16.8 Å². The Labute approximate surface area is 122 Å². The van der Waals surface area contributed by atoms with Gasteiger partial charge in [-0.1, -0.05) is 32.0 Å². The Balaban J connectivity index is 2.08. The van der Waals surface area contributed by atoms with Crippen LogP contribution in [0.25, 0.3) is 0 Å². The van der Waals surface area contributed by atoms with Gasteiger partial charge in [0.25, 0.3) is 5.91 Å². The third-order valence-corrected chi connectivity index (χ3v) is 4.55. The molecular formula is C16H18FNOS. The molecule has 20 heavy (non-hydrogen) atoms. The molecule has 0 spiro atoms. The fourth-order valence-electron chi connectivity index (χ4n) is 1.97. The van der Waals surface area contributed by atoms with Crippen molar-refractivity contribution in [3.63, 3.8) is 0 Å². The summed E-state index contributed by atoms with van der Waals surface area (Å²) in [5.41, 5.74) is 0.423. The first-order valence-corrected chi connectivity index (χ1v) is 7.37. The Bertz CT molecular complexity index is 605. The molecule has 0 aliphatic heterocycles. The highest BCUT2D eigenvalue weighted by Crippen LogP contribution is 2.26. The van der Waals surface area contributed by atoms with Crippen molar-refractivity contribution in [1.29, 1.82) is 0 Å². The van der Waals surface area contributed by atoms with E-state index in [1.165, 1.54) is 10.9 Å². The maximum Gasteiger partial charge on any atom is 0.254 e. The second kappa shape index (κ2) is 5.75. The number of hydrogen-bond donors (Lipinski definition) is 1. The molecule has 0 bridgehead atoms. The van der Waals surface area contributed by atoms with Crippen LogP contribution in [-0.2, 0) is 5.41 Å². The van der Waals surface area contributed by atoms with E-state index in [-0.39, 0.29) is 16.9 Å². The number of rotatable bonds is 4. The Morgan fingerprint density at radius 1 is 1.30 bits per heavy atom.